The van der Waals surface area contributed by atoms with Crippen molar-refractivity contribution in [3.05, 3.63) is 0 Å². The Morgan fingerprint density at radius 3 is 2.39 bits per heavy atom. The Hall–Kier alpha value is -1.30. The number of rotatable bonds is 4. The molecule has 2 saturated heterocycles. The smallest absolute Gasteiger partial charge is 0.319 e. The predicted octanol–water partition coefficient (Wildman–Crippen LogP) is 1.37. The number of piperidine rings is 2. The second-order valence-corrected chi connectivity index (χ2v) is 7.11. The molecule has 3 amide bonds. The van der Waals surface area contributed by atoms with E-state index in [2.05, 4.69) is 17.1 Å². The fraction of sp³-hybridized carbons (Fsp3) is 0.882. The van der Waals surface area contributed by atoms with Gasteiger partial charge in [0.2, 0.25) is 5.91 Å². The maximum Gasteiger partial charge on any atom is 0.319 e. The molecular formula is C17H32N4O2. The van der Waals surface area contributed by atoms with E-state index in [9.17, 15) is 9.59 Å². The molecule has 0 saturated carbocycles. The first-order valence-electron chi connectivity index (χ1n) is 8.97. The van der Waals surface area contributed by atoms with Crippen LogP contribution in [-0.2, 0) is 4.79 Å². The van der Waals surface area contributed by atoms with Crippen molar-refractivity contribution in [1.82, 2.24) is 20.0 Å². The van der Waals surface area contributed by atoms with Gasteiger partial charge in [-0.25, -0.2) is 4.79 Å². The molecule has 0 spiro atoms. The van der Waals surface area contributed by atoms with Gasteiger partial charge in [-0.2, -0.15) is 0 Å². The first-order chi connectivity index (χ1) is 11.0. The van der Waals surface area contributed by atoms with E-state index in [4.69, 9.17) is 0 Å². The molecule has 1 unspecified atom stereocenters. The number of likely N-dealkylation sites (tertiary alicyclic amines) is 2. The van der Waals surface area contributed by atoms with Crippen LogP contribution in [0.25, 0.3) is 0 Å². The molecule has 1 N–H and O–H groups in total. The lowest BCUT2D eigenvalue weighted by atomic mass is 9.96. The molecule has 0 radical (unpaired) electrons. The molecule has 132 valence electrons. The second-order valence-electron chi connectivity index (χ2n) is 7.11. The molecule has 2 heterocycles. The van der Waals surface area contributed by atoms with Crippen LogP contribution < -0.4 is 5.32 Å². The molecular weight excluding hydrogens is 292 g/mol. The van der Waals surface area contributed by atoms with Gasteiger partial charge in [0, 0.05) is 52.2 Å². The van der Waals surface area contributed by atoms with Crippen LogP contribution in [0.4, 0.5) is 4.79 Å². The molecule has 0 aromatic rings. The van der Waals surface area contributed by atoms with Gasteiger partial charge < -0.3 is 15.1 Å². The summed E-state index contributed by atoms with van der Waals surface area (Å²) < 4.78 is 0. The van der Waals surface area contributed by atoms with Gasteiger partial charge in [-0.3, -0.25) is 9.69 Å². The maximum atomic E-state index is 12.3. The fourth-order valence-corrected chi connectivity index (χ4v) is 3.57. The lowest BCUT2D eigenvalue weighted by Gasteiger charge is -2.34. The van der Waals surface area contributed by atoms with Gasteiger partial charge in [0.15, 0.2) is 0 Å². The van der Waals surface area contributed by atoms with E-state index in [1.165, 1.54) is 19.3 Å². The number of urea groups is 1. The largest absolute Gasteiger partial charge is 0.355 e. The fourth-order valence-electron chi connectivity index (χ4n) is 3.57. The number of hydrogen-bond acceptors (Lipinski definition) is 3. The number of hydrogen-bond donors (Lipinski definition) is 1. The minimum Gasteiger partial charge on any atom is -0.355 e. The van der Waals surface area contributed by atoms with Crippen molar-refractivity contribution < 1.29 is 9.59 Å². The van der Waals surface area contributed by atoms with E-state index in [1.807, 2.05) is 4.90 Å². The Morgan fingerprint density at radius 1 is 1.09 bits per heavy atom. The lowest BCUT2D eigenvalue weighted by Crippen LogP contribution is -2.47. The van der Waals surface area contributed by atoms with Crippen LogP contribution in [0, 0.1) is 5.92 Å². The van der Waals surface area contributed by atoms with Gasteiger partial charge in [-0.1, -0.05) is 6.42 Å². The van der Waals surface area contributed by atoms with E-state index >= 15 is 0 Å². The Labute approximate surface area is 140 Å². The molecule has 23 heavy (non-hydrogen) atoms. The molecule has 2 fully saturated rings. The van der Waals surface area contributed by atoms with Crippen LogP contribution >= 0.6 is 0 Å². The van der Waals surface area contributed by atoms with Crippen molar-refractivity contribution in [2.24, 2.45) is 5.92 Å². The quantitative estimate of drug-likeness (QED) is 0.850. The molecule has 0 bridgehead atoms. The summed E-state index contributed by atoms with van der Waals surface area (Å²) in [6.07, 6.45) is 5.41. The van der Waals surface area contributed by atoms with Crippen LogP contribution in [0.2, 0.25) is 0 Å². The summed E-state index contributed by atoms with van der Waals surface area (Å²) in [5.74, 6) is 0.214. The molecule has 2 aliphatic heterocycles. The van der Waals surface area contributed by atoms with Crippen LogP contribution in [0.1, 0.15) is 39.0 Å². The van der Waals surface area contributed by atoms with Gasteiger partial charge in [0.05, 0.1) is 0 Å². The van der Waals surface area contributed by atoms with Crippen LogP contribution in [0.3, 0.4) is 0 Å². The second kappa shape index (κ2) is 8.52. The van der Waals surface area contributed by atoms with Crippen LogP contribution in [-0.4, -0.2) is 79.5 Å². The van der Waals surface area contributed by atoms with Crippen molar-refractivity contribution in [2.45, 2.75) is 45.1 Å². The number of amides is 3. The highest BCUT2D eigenvalue weighted by Gasteiger charge is 2.28. The van der Waals surface area contributed by atoms with Crippen molar-refractivity contribution in [3.63, 3.8) is 0 Å². The SMILES string of the molecule is CC1CCCCN1CCNC(=O)C1CCN(C(=O)N(C)C)CC1. The average molecular weight is 324 g/mol. The zero-order valence-corrected chi connectivity index (χ0v) is 14.9. The molecule has 6 nitrogen and oxygen atoms in total. The van der Waals surface area contributed by atoms with Crippen LogP contribution in [0.5, 0.6) is 0 Å². The highest BCUT2D eigenvalue weighted by Crippen LogP contribution is 2.18. The van der Waals surface area contributed by atoms with Gasteiger partial charge >= 0.3 is 6.03 Å². The third-order valence-corrected chi connectivity index (χ3v) is 5.16. The maximum absolute atomic E-state index is 12.3. The van der Waals surface area contributed by atoms with Crippen molar-refractivity contribution in [1.29, 1.82) is 0 Å². The summed E-state index contributed by atoms with van der Waals surface area (Å²) in [5.41, 5.74) is 0. The van der Waals surface area contributed by atoms with Crippen molar-refractivity contribution >= 4 is 11.9 Å². The molecule has 2 rings (SSSR count). The van der Waals surface area contributed by atoms with Crippen LogP contribution in [0.15, 0.2) is 0 Å². The monoisotopic (exact) mass is 324 g/mol. The molecule has 2 aliphatic rings. The molecule has 6 heteroatoms. The summed E-state index contributed by atoms with van der Waals surface area (Å²) in [5, 5.41) is 3.09. The first kappa shape index (κ1) is 18.0. The number of carbonyl (C=O) groups excluding carboxylic acids is 2. The highest BCUT2D eigenvalue weighted by molar-refractivity contribution is 5.79. The normalized spacial score (nSPS) is 23.6. The molecule has 1 atom stereocenters. The van der Waals surface area contributed by atoms with Gasteiger partial charge in [-0.15, -0.1) is 0 Å². The Bertz CT molecular complexity index is 405. The third-order valence-electron chi connectivity index (χ3n) is 5.16. The Morgan fingerprint density at radius 2 is 1.78 bits per heavy atom. The van der Waals surface area contributed by atoms with E-state index in [0.717, 1.165) is 32.5 Å². The minimum atomic E-state index is 0.0444. The van der Waals surface area contributed by atoms with Gasteiger partial charge in [0.25, 0.3) is 0 Å². The highest BCUT2D eigenvalue weighted by atomic mass is 16.2. The van der Waals surface area contributed by atoms with Gasteiger partial charge in [-0.05, 0) is 39.2 Å². The number of nitrogens with one attached hydrogen (secondary N) is 1. The first-order valence-corrected chi connectivity index (χ1v) is 8.97. The number of nitrogens with zero attached hydrogens (tertiary/aromatic N) is 3. The summed E-state index contributed by atoms with van der Waals surface area (Å²) >= 11 is 0. The third kappa shape index (κ3) is 5.09. The number of carbonyl (C=O) groups is 2. The topological polar surface area (TPSA) is 55.9 Å². The van der Waals surface area contributed by atoms with Gasteiger partial charge in [0.1, 0.15) is 0 Å². The molecule has 0 aliphatic carbocycles. The lowest BCUT2D eigenvalue weighted by molar-refractivity contribution is -0.126. The molecule has 0 aromatic carbocycles. The van der Waals surface area contributed by atoms with Crippen molar-refractivity contribution in [2.75, 3.05) is 46.8 Å². The van der Waals surface area contributed by atoms with E-state index < -0.39 is 0 Å². The Kier molecular flexibility index (Phi) is 6.69. The summed E-state index contributed by atoms with van der Waals surface area (Å²) in [6, 6.07) is 0.684. The van der Waals surface area contributed by atoms with E-state index in [0.29, 0.717) is 19.1 Å². The summed E-state index contributed by atoms with van der Waals surface area (Å²) in [7, 11) is 3.53. The minimum absolute atomic E-state index is 0.0444. The predicted molar refractivity (Wildman–Crippen MR) is 91.3 cm³/mol. The Balaban J connectivity index is 1.66. The van der Waals surface area contributed by atoms with E-state index in [1.54, 1.807) is 19.0 Å². The zero-order valence-electron chi connectivity index (χ0n) is 14.9. The average Bonchev–Trinajstić information content (AvgIpc) is 2.56. The van der Waals surface area contributed by atoms with E-state index in [-0.39, 0.29) is 17.9 Å². The zero-order chi connectivity index (χ0) is 16.8. The summed E-state index contributed by atoms with van der Waals surface area (Å²) in [6.45, 7) is 6.47. The summed E-state index contributed by atoms with van der Waals surface area (Å²) in [4.78, 5) is 30.1. The van der Waals surface area contributed by atoms with Crippen molar-refractivity contribution in [3.8, 4) is 0 Å². The molecule has 0 aromatic heterocycles. The standard InChI is InChI=1S/C17H32N4O2/c1-14-6-4-5-10-20(14)13-9-18-16(22)15-7-11-21(12-8-15)17(23)19(2)3/h14-15H,4-13H2,1-3H3,(H,18,22).